The van der Waals surface area contributed by atoms with Crippen molar-refractivity contribution >= 4 is 82.8 Å². The van der Waals surface area contributed by atoms with Crippen LogP contribution >= 0.6 is 22.7 Å². The average molecular weight is 857 g/mol. The Labute approximate surface area is 372 Å². The van der Waals surface area contributed by atoms with Gasteiger partial charge in [0.2, 0.25) is 5.13 Å². The first-order valence-electron chi connectivity index (χ1n) is 21.0. The zero-order valence-corrected chi connectivity index (χ0v) is 39.1. The molecule has 8 rings (SSSR count). The molecule has 314 valence electrons. The first-order chi connectivity index (χ1) is 29.5. The summed E-state index contributed by atoms with van der Waals surface area (Å²) in [5.41, 5.74) is 12.7. The van der Waals surface area contributed by atoms with Gasteiger partial charge in [-0.15, -0.1) is 10.2 Å². The van der Waals surface area contributed by atoms with Gasteiger partial charge in [-0.1, -0.05) is 131 Å². The fourth-order valence-corrected chi connectivity index (χ4v) is 9.92. The minimum absolute atomic E-state index is 0.219. The lowest BCUT2D eigenvalue weighted by Crippen LogP contribution is -2.18. The Morgan fingerprint density at radius 1 is 0.726 bits per heavy atom. The van der Waals surface area contributed by atoms with Gasteiger partial charge in [-0.3, -0.25) is 4.90 Å². The Hall–Kier alpha value is -6.29. The van der Waals surface area contributed by atoms with Gasteiger partial charge >= 0.3 is 0 Å². The van der Waals surface area contributed by atoms with Crippen molar-refractivity contribution in [3.05, 3.63) is 129 Å². The Kier molecular flexibility index (Phi) is 11.3. The number of fused-ring (bicyclic) bond motifs is 2. The molecule has 0 aliphatic carbocycles. The maximum atomic E-state index is 10.7. The number of pyridine rings is 1. The van der Waals surface area contributed by atoms with Gasteiger partial charge in [-0.25, -0.2) is 15.0 Å². The van der Waals surface area contributed by atoms with Crippen molar-refractivity contribution in [2.45, 2.75) is 100 Å². The molecular formula is C50H52N10S2. The van der Waals surface area contributed by atoms with E-state index >= 15 is 0 Å². The summed E-state index contributed by atoms with van der Waals surface area (Å²) >= 11 is 3.14. The van der Waals surface area contributed by atoms with E-state index < -0.39 is 5.41 Å². The van der Waals surface area contributed by atoms with Crippen molar-refractivity contribution in [3.63, 3.8) is 0 Å². The first-order valence-corrected chi connectivity index (χ1v) is 22.6. The second-order valence-corrected chi connectivity index (χ2v) is 19.8. The fraction of sp³-hybridized carbons (Fsp3) is 0.300. The van der Waals surface area contributed by atoms with Crippen molar-refractivity contribution in [2.75, 3.05) is 10.2 Å². The molecule has 0 aliphatic rings. The van der Waals surface area contributed by atoms with E-state index in [1.165, 1.54) is 33.6 Å². The molecule has 0 radical (unpaired) electrons. The van der Waals surface area contributed by atoms with Crippen LogP contribution in [0.4, 0.5) is 39.6 Å². The number of anilines is 5. The topological polar surface area (TPSA) is 120 Å². The van der Waals surface area contributed by atoms with Gasteiger partial charge < -0.3 is 5.32 Å². The maximum absolute atomic E-state index is 10.7. The van der Waals surface area contributed by atoms with Gasteiger partial charge in [0.1, 0.15) is 23.1 Å². The van der Waals surface area contributed by atoms with E-state index in [-0.39, 0.29) is 11.8 Å². The summed E-state index contributed by atoms with van der Waals surface area (Å²) in [6.45, 7) is 25.6. The lowest BCUT2D eigenvalue weighted by atomic mass is 9.90. The normalized spacial score (nSPS) is 12.1. The van der Waals surface area contributed by atoms with Crippen molar-refractivity contribution in [1.29, 1.82) is 5.26 Å². The van der Waals surface area contributed by atoms with Crippen LogP contribution in [-0.2, 0) is 5.41 Å². The maximum Gasteiger partial charge on any atom is 0.213 e. The molecule has 62 heavy (non-hydrogen) atoms. The molecule has 0 saturated heterocycles. The zero-order valence-electron chi connectivity index (χ0n) is 37.5. The smallest absolute Gasteiger partial charge is 0.213 e. The SMILES string of the molecule is Cc1cc(C)c(Nc2nc(N(c3nc4ccccc4s3)c3c(C(C)C)cc(C)cc3C(C)C)cc(C)c2N=Nc2c(C#N)c(C(C)(C)C)nn2-c2nc3ccccc3s2)c(C)c1. The summed E-state index contributed by atoms with van der Waals surface area (Å²) in [5, 5.41) is 30.8. The Morgan fingerprint density at radius 3 is 1.87 bits per heavy atom. The van der Waals surface area contributed by atoms with E-state index in [9.17, 15) is 5.26 Å². The molecule has 0 unspecified atom stereocenters. The highest BCUT2D eigenvalue weighted by Gasteiger charge is 2.31. The van der Waals surface area contributed by atoms with Crippen molar-refractivity contribution in [2.24, 2.45) is 10.2 Å². The highest BCUT2D eigenvalue weighted by atomic mass is 32.1. The van der Waals surface area contributed by atoms with Crippen LogP contribution in [0.25, 0.3) is 25.6 Å². The third kappa shape index (κ3) is 7.98. The number of thiazole rings is 2. The van der Waals surface area contributed by atoms with E-state index in [4.69, 9.17) is 30.3 Å². The average Bonchev–Trinajstić information content (AvgIpc) is 3.94. The van der Waals surface area contributed by atoms with E-state index in [0.717, 1.165) is 53.6 Å². The van der Waals surface area contributed by atoms with Gasteiger partial charge in [0.05, 0.1) is 31.8 Å². The zero-order chi connectivity index (χ0) is 44.2. The Morgan fingerprint density at radius 2 is 1.31 bits per heavy atom. The Balaban J connectivity index is 1.39. The molecule has 0 amide bonds. The number of nitriles is 1. The number of aryl methyl sites for hydroxylation is 5. The number of para-hydroxylation sites is 2. The van der Waals surface area contributed by atoms with Gasteiger partial charge in [0.15, 0.2) is 16.8 Å². The third-order valence-electron chi connectivity index (χ3n) is 11.0. The molecular weight excluding hydrogens is 805 g/mol. The summed E-state index contributed by atoms with van der Waals surface area (Å²) in [4.78, 5) is 17.9. The molecule has 8 aromatic rings. The summed E-state index contributed by atoms with van der Waals surface area (Å²) in [6, 6.07) is 29.7. The molecule has 4 aromatic heterocycles. The monoisotopic (exact) mass is 856 g/mol. The van der Waals surface area contributed by atoms with Crippen LogP contribution in [0.3, 0.4) is 0 Å². The van der Waals surface area contributed by atoms with Gasteiger partial charge in [-0.2, -0.15) is 15.0 Å². The van der Waals surface area contributed by atoms with E-state index in [1.54, 1.807) is 16.0 Å². The van der Waals surface area contributed by atoms with Crippen molar-refractivity contribution < 1.29 is 0 Å². The second kappa shape index (κ2) is 16.5. The second-order valence-electron chi connectivity index (χ2n) is 17.8. The quantitative estimate of drug-likeness (QED) is 0.136. The molecule has 0 atom stereocenters. The lowest BCUT2D eigenvalue weighted by Gasteiger charge is -2.30. The minimum Gasteiger partial charge on any atom is -0.338 e. The number of benzene rings is 4. The molecule has 0 fully saturated rings. The standard InChI is InChI=1S/C50H52N10S2/c1-27(2)34-23-30(6)24-35(28(3)4)44(34)59(48-52-37-17-13-15-19-39(37)61-48)41-25-33(9)43(46(54-41)55-42-31(7)21-29(5)22-32(42)8)56-57-47-36(26-51)45(50(10,11)12)58-60(47)49-53-38-18-14-16-20-40(38)62-49/h13-25,27-28H,1-12H3,(H,54,55). The van der Waals surface area contributed by atoms with E-state index in [0.29, 0.717) is 39.5 Å². The molecule has 4 heterocycles. The largest absolute Gasteiger partial charge is 0.338 e. The van der Waals surface area contributed by atoms with Gasteiger partial charge in [-0.05, 0) is 105 Å². The van der Waals surface area contributed by atoms with E-state index in [2.05, 4.69) is 120 Å². The molecule has 4 aromatic carbocycles. The molecule has 1 N–H and O–H groups in total. The number of aromatic nitrogens is 5. The van der Waals surface area contributed by atoms with Crippen LogP contribution in [-0.4, -0.2) is 24.7 Å². The van der Waals surface area contributed by atoms with Crippen LogP contribution in [0.5, 0.6) is 0 Å². The van der Waals surface area contributed by atoms with Crippen LogP contribution in [0.2, 0.25) is 0 Å². The van der Waals surface area contributed by atoms with Crippen molar-refractivity contribution in [3.8, 4) is 11.2 Å². The molecule has 0 saturated carbocycles. The highest BCUT2D eigenvalue weighted by molar-refractivity contribution is 7.22. The number of hydrogen-bond acceptors (Lipinski definition) is 11. The highest BCUT2D eigenvalue weighted by Crippen LogP contribution is 2.48. The van der Waals surface area contributed by atoms with Gasteiger partial charge in [0.25, 0.3) is 0 Å². The van der Waals surface area contributed by atoms with Gasteiger partial charge in [0, 0.05) is 11.1 Å². The first kappa shape index (κ1) is 42.4. The van der Waals surface area contributed by atoms with Crippen LogP contribution < -0.4 is 10.2 Å². The summed E-state index contributed by atoms with van der Waals surface area (Å²) < 4.78 is 3.77. The number of nitrogens with one attached hydrogen (secondary N) is 1. The number of rotatable bonds is 10. The lowest BCUT2D eigenvalue weighted by molar-refractivity contribution is 0.559. The number of hydrogen-bond donors (Lipinski definition) is 1. The molecule has 12 heteroatoms. The van der Waals surface area contributed by atoms with Crippen LogP contribution in [0, 0.1) is 45.9 Å². The Bertz CT molecular complexity index is 2960. The molecule has 0 spiro atoms. The third-order valence-corrected chi connectivity index (χ3v) is 13.0. The number of azo groups is 1. The van der Waals surface area contributed by atoms with Crippen molar-refractivity contribution in [1.82, 2.24) is 24.7 Å². The molecule has 0 aliphatic heterocycles. The van der Waals surface area contributed by atoms with Crippen LogP contribution in [0.15, 0.2) is 89.1 Å². The number of nitrogens with zero attached hydrogens (tertiary/aromatic N) is 9. The molecule has 0 bridgehead atoms. The summed E-state index contributed by atoms with van der Waals surface area (Å²) in [7, 11) is 0. The van der Waals surface area contributed by atoms with Crippen LogP contribution in [0.1, 0.15) is 111 Å². The molecule has 10 nitrogen and oxygen atoms in total. The predicted molar refractivity (Wildman–Crippen MR) is 258 cm³/mol. The fourth-order valence-electron chi connectivity index (χ4n) is 8.02. The predicted octanol–water partition coefficient (Wildman–Crippen LogP) is 15.1. The summed E-state index contributed by atoms with van der Waals surface area (Å²) in [6.07, 6.45) is 0. The minimum atomic E-state index is -0.451. The summed E-state index contributed by atoms with van der Waals surface area (Å²) in [5.74, 6) is 1.97. The van der Waals surface area contributed by atoms with E-state index in [1.807, 2.05) is 58.0 Å².